The average Bonchev–Trinajstić information content (AvgIpc) is 2.25. The molecule has 0 aromatic heterocycles. The lowest BCUT2D eigenvalue weighted by Gasteiger charge is -2.06. The van der Waals surface area contributed by atoms with Crippen molar-refractivity contribution in [2.75, 3.05) is 13.2 Å². The first-order valence-electron chi connectivity index (χ1n) is 5.08. The predicted molar refractivity (Wildman–Crippen MR) is 60.6 cm³/mol. The van der Waals surface area contributed by atoms with Crippen LogP contribution in [0.4, 0.5) is 0 Å². The fourth-order valence-corrected chi connectivity index (χ4v) is 1.18. The van der Waals surface area contributed by atoms with E-state index in [9.17, 15) is 9.59 Å². The Morgan fingerprint density at radius 2 is 1.81 bits per heavy atom. The van der Waals surface area contributed by atoms with Gasteiger partial charge in [-0.25, -0.2) is 0 Å². The normalized spacial score (nSPS) is 9.62. The van der Waals surface area contributed by atoms with E-state index in [0.717, 1.165) is 0 Å². The monoisotopic (exact) mass is 221 g/mol. The molecule has 4 heteroatoms. The Hall–Kier alpha value is -1.84. The van der Waals surface area contributed by atoms with Crippen LogP contribution >= 0.6 is 0 Å². The van der Waals surface area contributed by atoms with Gasteiger partial charge in [-0.05, 0) is 31.2 Å². The van der Waals surface area contributed by atoms with Crippen LogP contribution < -0.4 is 10.1 Å². The van der Waals surface area contributed by atoms with Gasteiger partial charge in [0, 0.05) is 12.5 Å². The molecule has 0 atom stereocenters. The van der Waals surface area contributed by atoms with E-state index < -0.39 is 0 Å². The van der Waals surface area contributed by atoms with Crippen LogP contribution in [0.3, 0.4) is 0 Å². The third kappa shape index (κ3) is 4.13. The maximum atomic E-state index is 11.0. The second-order valence-corrected chi connectivity index (χ2v) is 3.41. The molecule has 16 heavy (non-hydrogen) atoms. The molecule has 0 fully saturated rings. The Balaban J connectivity index is 2.38. The summed E-state index contributed by atoms with van der Waals surface area (Å²) < 4.78 is 5.37. The molecule has 0 spiro atoms. The van der Waals surface area contributed by atoms with Crippen LogP contribution in [0.2, 0.25) is 0 Å². The number of rotatable bonds is 5. The highest BCUT2D eigenvalue weighted by Crippen LogP contribution is 2.12. The van der Waals surface area contributed by atoms with Crippen LogP contribution in [-0.2, 0) is 4.79 Å². The Kier molecular flexibility index (Phi) is 4.51. The molecule has 1 rings (SSSR count). The zero-order valence-electron chi connectivity index (χ0n) is 9.45. The molecule has 1 aromatic carbocycles. The van der Waals surface area contributed by atoms with Gasteiger partial charge in [-0.2, -0.15) is 0 Å². The third-order valence-electron chi connectivity index (χ3n) is 2.01. The van der Waals surface area contributed by atoms with Gasteiger partial charge >= 0.3 is 0 Å². The second kappa shape index (κ2) is 5.90. The van der Waals surface area contributed by atoms with E-state index in [0.29, 0.717) is 24.5 Å². The summed E-state index contributed by atoms with van der Waals surface area (Å²) >= 11 is 0. The molecule has 0 aliphatic carbocycles. The first-order valence-corrected chi connectivity index (χ1v) is 5.08. The number of carbonyl (C=O) groups is 2. The van der Waals surface area contributed by atoms with Crippen molar-refractivity contribution in [3.8, 4) is 5.75 Å². The summed E-state index contributed by atoms with van der Waals surface area (Å²) in [5.74, 6) is 0.649. The fraction of sp³-hybridized carbons (Fsp3) is 0.333. The van der Waals surface area contributed by atoms with Crippen molar-refractivity contribution in [2.45, 2.75) is 13.8 Å². The lowest BCUT2D eigenvalue weighted by atomic mass is 10.1. The van der Waals surface area contributed by atoms with Crippen LogP contribution in [-0.4, -0.2) is 24.8 Å². The Labute approximate surface area is 94.6 Å². The van der Waals surface area contributed by atoms with E-state index in [-0.39, 0.29) is 11.7 Å². The first kappa shape index (κ1) is 12.2. The number of hydrogen-bond donors (Lipinski definition) is 1. The number of benzene rings is 1. The van der Waals surface area contributed by atoms with Gasteiger partial charge in [0.2, 0.25) is 5.91 Å². The second-order valence-electron chi connectivity index (χ2n) is 3.41. The molecule has 0 radical (unpaired) electrons. The van der Waals surface area contributed by atoms with Crippen molar-refractivity contribution in [3.63, 3.8) is 0 Å². The molecule has 86 valence electrons. The molecular weight excluding hydrogens is 206 g/mol. The number of ether oxygens (including phenoxy) is 1. The Morgan fingerprint density at radius 3 is 2.31 bits per heavy atom. The molecule has 1 amide bonds. The third-order valence-corrected chi connectivity index (χ3v) is 2.01. The molecule has 4 nitrogen and oxygen atoms in total. The number of amides is 1. The van der Waals surface area contributed by atoms with Gasteiger partial charge in [0.1, 0.15) is 12.4 Å². The molecule has 0 saturated heterocycles. The predicted octanol–water partition coefficient (Wildman–Crippen LogP) is 1.40. The summed E-state index contributed by atoms with van der Waals surface area (Å²) in [6.45, 7) is 3.87. The van der Waals surface area contributed by atoms with Gasteiger partial charge in [-0.3, -0.25) is 9.59 Å². The minimum atomic E-state index is -0.0736. The summed E-state index contributed by atoms with van der Waals surface area (Å²) in [4.78, 5) is 21.6. The van der Waals surface area contributed by atoms with Crippen molar-refractivity contribution in [3.05, 3.63) is 29.8 Å². The molecule has 0 aliphatic rings. The van der Waals surface area contributed by atoms with Gasteiger partial charge in [0.15, 0.2) is 5.78 Å². The topological polar surface area (TPSA) is 55.4 Å². The maximum Gasteiger partial charge on any atom is 0.216 e. The van der Waals surface area contributed by atoms with Crippen LogP contribution in [0.1, 0.15) is 24.2 Å². The van der Waals surface area contributed by atoms with Gasteiger partial charge < -0.3 is 10.1 Å². The van der Waals surface area contributed by atoms with E-state index in [1.807, 2.05) is 0 Å². The van der Waals surface area contributed by atoms with E-state index >= 15 is 0 Å². The Bertz CT molecular complexity index is 370. The van der Waals surface area contributed by atoms with E-state index in [1.165, 1.54) is 13.8 Å². The van der Waals surface area contributed by atoms with Gasteiger partial charge in [-0.1, -0.05) is 0 Å². The van der Waals surface area contributed by atoms with Crippen molar-refractivity contribution < 1.29 is 14.3 Å². The standard InChI is InChI=1S/C12H15NO3/c1-9(14)11-3-5-12(6-4-11)16-8-7-13-10(2)15/h3-6H,7-8H2,1-2H3,(H,13,15). The van der Waals surface area contributed by atoms with E-state index in [4.69, 9.17) is 4.74 Å². The molecule has 0 aliphatic heterocycles. The fourth-order valence-electron chi connectivity index (χ4n) is 1.18. The van der Waals surface area contributed by atoms with Crippen molar-refractivity contribution in [1.29, 1.82) is 0 Å². The minimum absolute atomic E-state index is 0.0322. The summed E-state index contributed by atoms with van der Waals surface area (Å²) in [5, 5.41) is 2.63. The molecular formula is C12H15NO3. The van der Waals surface area contributed by atoms with Gasteiger partial charge in [-0.15, -0.1) is 0 Å². The summed E-state index contributed by atoms with van der Waals surface area (Å²) in [7, 11) is 0. The highest BCUT2D eigenvalue weighted by Gasteiger charge is 1.99. The largest absolute Gasteiger partial charge is 0.492 e. The number of hydrogen-bond acceptors (Lipinski definition) is 3. The molecule has 0 saturated carbocycles. The molecule has 0 unspecified atom stereocenters. The zero-order valence-corrected chi connectivity index (χ0v) is 9.45. The number of Topliss-reactive ketones (excluding diaryl/α,β-unsaturated/α-hetero) is 1. The SMILES string of the molecule is CC(=O)NCCOc1ccc(C(C)=O)cc1. The van der Waals surface area contributed by atoms with Crippen LogP contribution in [0.25, 0.3) is 0 Å². The van der Waals surface area contributed by atoms with Crippen LogP contribution in [0, 0.1) is 0 Å². The molecule has 1 N–H and O–H groups in total. The smallest absolute Gasteiger partial charge is 0.216 e. The van der Waals surface area contributed by atoms with E-state index in [1.54, 1.807) is 24.3 Å². The lowest BCUT2D eigenvalue weighted by molar-refractivity contribution is -0.119. The highest BCUT2D eigenvalue weighted by molar-refractivity contribution is 5.94. The van der Waals surface area contributed by atoms with Gasteiger partial charge in [0.05, 0.1) is 6.54 Å². The summed E-state index contributed by atoms with van der Waals surface area (Å²) in [6.07, 6.45) is 0. The van der Waals surface area contributed by atoms with E-state index in [2.05, 4.69) is 5.32 Å². The maximum absolute atomic E-state index is 11.0. The number of carbonyl (C=O) groups excluding carboxylic acids is 2. The number of nitrogens with one attached hydrogen (secondary N) is 1. The van der Waals surface area contributed by atoms with Crippen LogP contribution in [0.5, 0.6) is 5.75 Å². The zero-order chi connectivity index (χ0) is 12.0. The molecule has 0 bridgehead atoms. The first-order chi connectivity index (χ1) is 7.59. The van der Waals surface area contributed by atoms with Gasteiger partial charge in [0.25, 0.3) is 0 Å². The Morgan fingerprint density at radius 1 is 1.19 bits per heavy atom. The average molecular weight is 221 g/mol. The number of ketones is 1. The quantitative estimate of drug-likeness (QED) is 0.604. The van der Waals surface area contributed by atoms with Crippen LogP contribution in [0.15, 0.2) is 24.3 Å². The summed E-state index contributed by atoms with van der Waals surface area (Å²) in [6, 6.07) is 6.92. The molecule has 1 aromatic rings. The highest BCUT2D eigenvalue weighted by atomic mass is 16.5. The van der Waals surface area contributed by atoms with Crippen molar-refractivity contribution in [1.82, 2.24) is 5.32 Å². The minimum Gasteiger partial charge on any atom is -0.492 e. The lowest BCUT2D eigenvalue weighted by Crippen LogP contribution is -2.25. The van der Waals surface area contributed by atoms with Crippen molar-refractivity contribution in [2.24, 2.45) is 0 Å². The van der Waals surface area contributed by atoms with Crippen molar-refractivity contribution >= 4 is 11.7 Å². The summed E-state index contributed by atoms with van der Waals surface area (Å²) in [5.41, 5.74) is 0.661. The molecule has 0 heterocycles.